The fourth-order valence-corrected chi connectivity index (χ4v) is 3.64. The summed E-state index contributed by atoms with van der Waals surface area (Å²) in [5.74, 6) is 0.666. The fraction of sp³-hybridized carbons (Fsp3) is 0.524. The van der Waals surface area contributed by atoms with Crippen molar-refractivity contribution in [1.82, 2.24) is 4.90 Å². The quantitative estimate of drug-likeness (QED) is 0.640. The van der Waals surface area contributed by atoms with E-state index >= 15 is 0 Å². The number of benzene rings is 1. The zero-order valence-electron chi connectivity index (χ0n) is 15.6. The minimum atomic E-state index is -0.461. The van der Waals surface area contributed by atoms with Crippen LogP contribution < -0.4 is 0 Å². The lowest BCUT2D eigenvalue weighted by atomic mass is 10.1. The van der Waals surface area contributed by atoms with Gasteiger partial charge in [0.15, 0.2) is 0 Å². The van der Waals surface area contributed by atoms with Gasteiger partial charge in [0.1, 0.15) is 0 Å². The minimum absolute atomic E-state index is 0.372. The molecule has 0 bridgehead atoms. The van der Waals surface area contributed by atoms with E-state index < -0.39 is 6.10 Å². The second-order valence-corrected chi connectivity index (χ2v) is 8.46. The Morgan fingerprint density at radius 1 is 1.12 bits per heavy atom. The molecule has 4 heteroatoms. The Morgan fingerprint density at radius 2 is 1.88 bits per heavy atom. The van der Waals surface area contributed by atoms with Gasteiger partial charge >= 0.3 is 0 Å². The van der Waals surface area contributed by atoms with E-state index in [9.17, 15) is 5.11 Å². The van der Waals surface area contributed by atoms with E-state index in [0.29, 0.717) is 25.7 Å². The van der Waals surface area contributed by atoms with Crippen molar-refractivity contribution in [2.24, 2.45) is 5.92 Å². The molecule has 138 valence electrons. The Balaban J connectivity index is 1.79. The smallest absolute Gasteiger partial charge is 0.0900 e. The van der Waals surface area contributed by atoms with E-state index in [0.717, 1.165) is 25.1 Å². The summed E-state index contributed by atoms with van der Waals surface area (Å²) in [5.41, 5.74) is 1.14. The van der Waals surface area contributed by atoms with Crippen LogP contribution in [-0.4, -0.2) is 35.8 Å². The van der Waals surface area contributed by atoms with Gasteiger partial charge < -0.3 is 9.84 Å². The molecule has 1 aromatic carbocycles. The van der Waals surface area contributed by atoms with Crippen LogP contribution in [0.5, 0.6) is 0 Å². The highest BCUT2D eigenvalue weighted by Crippen LogP contribution is 2.18. The lowest BCUT2D eigenvalue weighted by Crippen LogP contribution is -2.35. The fourth-order valence-electron chi connectivity index (χ4n) is 2.70. The molecule has 0 aliphatic carbocycles. The standard InChI is InChI=1S/C21H31NO2S/c1-17(2)11-12-22(14-21-10-9-18(3)25-21)13-20(23)16-24-15-19-7-5-4-6-8-19/h4-10,17,20,23H,11-16H2,1-3H3/t20-/m0/s1. The number of thiophene rings is 1. The number of hydrogen-bond donors (Lipinski definition) is 1. The van der Waals surface area contributed by atoms with E-state index in [2.05, 4.69) is 37.8 Å². The van der Waals surface area contributed by atoms with E-state index in [1.165, 1.54) is 9.75 Å². The molecule has 1 N–H and O–H groups in total. The molecule has 0 saturated carbocycles. The van der Waals surface area contributed by atoms with E-state index in [1.807, 2.05) is 41.7 Å². The second-order valence-electron chi connectivity index (χ2n) is 7.08. The summed E-state index contributed by atoms with van der Waals surface area (Å²) < 4.78 is 5.69. The first-order valence-electron chi connectivity index (χ1n) is 9.10. The predicted molar refractivity (Wildman–Crippen MR) is 106 cm³/mol. The summed E-state index contributed by atoms with van der Waals surface area (Å²) in [7, 11) is 0. The average Bonchev–Trinajstić information content (AvgIpc) is 2.98. The molecule has 2 aromatic rings. The summed E-state index contributed by atoms with van der Waals surface area (Å²) in [6.45, 7) is 10.1. The summed E-state index contributed by atoms with van der Waals surface area (Å²) in [6.07, 6.45) is 0.680. The Hall–Kier alpha value is -1.20. The Morgan fingerprint density at radius 3 is 2.52 bits per heavy atom. The van der Waals surface area contributed by atoms with E-state index in [-0.39, 0.29) is 0 Å². The van der Waals surface area contributed by atoms with Crippen molar-refractivity contribution in [2.45, 2.75) is 46.4 Å². The molecule has 1 aromatic heterocycles. The van der Waals surface area contributed by atoms with Crippen molar-refractivity contribution >= 4 is 11.3 Å². The molecule has 0 amide bonds. The van der Waals surface area contributed by atoms with E-state index in [1.54, 1.807) is 0 Å². The molecular weight excluding hydrogens is 330 g/mol. The maximum atomic E-state index is 10.4. The highest BCUT2D eigenvalue weighted by molar-refractivity contribution is 7.11. The van der Waals surface area contributed by atoms with Crippen molar-refractivity contribution in [3.63, 3.8) is 0 Å². The van der Waals surface area contributed by atoms with Crippen LogP contribution in [0.1, 0.15) is 35.6 Å². The molecule has 1 heterocycles. The summed E-state index contributed by atoms with van der Waals surface area (Å²) in [4.78, 5) is 5.05. The van der Waals surface area contributed by atoms with E-state index in [4.69, 9.17) is 4.74 Å². The van der Waals surface area contributed by atoms with Crippen LogP contribution in [0.15, 0.2) is 42.5 Å². The molecule has 0 aliphatic heterocycles. The first-order chi connectivity index (χ1) is 12.0. The Bertz CT molecular complexity index is 597. The molecule has 2 rings (SSSR count). The van der Waals surface area contributed by atoms with Gasteiger partial charge in [-0.25, -0.2) is 0 Å². The van der Waals surface area contributed by atoms with Crippen LogP contribution in [-0.2, 0) is 17.9 Å². The highest BCUT2D eigenvalue weighted by atomic mass is 32.1. The largest absolute Gasteiger partial charge is 0.389 e. The van der Waals surface area contributed by atoms with Crippen LogP contribution in [0.25, 0.3) is 0 Å². The third-order valence-electron chi connectivity index (χ3n) is 4.09. The summed E-state index contributed by atoms with van der Waals surface area (Å²) in [6, 6.07) is 14.5. The number of ether oxygens (including phenoxy) is 1. The number of aliphatic hydroxyl groups is 1. The van der Waals surface area contributed by atoms with Crippen molar-refractivity contribution in [3.8, 4) is 0 Å². The maximum absolute atomic E-state index is 10.4. The van der Waals surface area contributed by atoms with Crippen LogP contribution in [0.2, 0.25) is 0 Å². The first kappa shape index (κ1) is 20.1. The van der Waals surface area contributed by atoms with Crippen molar-refractivity contribution < 1.29 is 9.84 Å². The number of nitrogens with zero attached hydrogens (tertiary/aromatic N) is 1. The predicted octanol–water partition coefficient (Wildman–Crippen LogP) is 4.48. The minimum Gasteiger partial charge on any atom is -0.389 e. The molecule has 0 spiro atoms. The van der Waals surface area contributed by atoms with Gasteiger partial charge in [-0.1, -0.05) is 44.2 Å². The molecule has 0 aliphatic rings. The SMILES string of the molecule is Cc1ccc(CN(CCC(C)C)C[C@H](O)COCc2ccccc2)s1. The average molecular weight is 362 g/mol. The molecule has 3 nitrogen and oxygen atoms in total. The van der Waals surface area contributed by atoms with Gasteiger partial charge in [-0.05, 0) is 43.5 Å². The normalized spacial score (nSPS) is 12.9. The monoisotopic (exact) mass is 361 g/mol. The second kappa shape index (κ2) is 10.7. The number of hydrogen-bond acceptors (Lipinski definition) is 4. The van der Waals surface area contributed by atoms with Crippen molar-refractivity contribution in [1.29, 1.82) is 0 Å². The number of aliphatic hydroxyl groups excluding tert-OH is 1. The van der Waals surface area contributed by atoms with Crippen molar-refractivity contribution in [3.05, 3.63) is 57.8 Å². The zero-order valence-corrected chi connectivity index (χ0v) is 16.5. The Kier molecular flexibility index (Phi) is 8.62. The van der Waals surface area contributed by atoms with Gasteiger partial charge in [0.2, 0.25) is 0 Å². The van der Waals surface area contributed by atoms with Gasteiger partial charge in [0.05, 0.1) is 19.3 Å². The summed E-state index contributed by atoms with van der Waals surface area (Å²) in [5, 5.41) is 10.4. The lowest BCUT2D eigenvalue weighted by molar-refractivity contribution is 0.00805. The molecular formula is C21H31NO2S. The topological polar surface area (TPSA) is 32.7 Å². The third-order valence-corrected chi connectivity index (χ3v) is 5.07. The van der Waals surface area contributed by atoms with Gasteiger partial charge in [0.25, 0.3) is 0 Å². The van der Waals surface area contributed by atoms with Gasteiger partial charge in [-0.2, -0.15) is 0 Å². The molecule has 0 radical (unpaired) electrons. The number of aryl methyl sites for hydroxylation is 1. The molecule has 0 saturated heterocycles. The van der Waals surface area contributed by atoms with Crippen LogP contribution in [0, 0.1) is 12.8 Å². The Labute approximate surface area is 156 Å². The number of rotatable bonds is 11. The summed E-state index contributed by atoms with van der Waals surface area (Å²) >= 11 is 1.84. The molecule has 0 fully saturated rings. The molecule has 0 unspecified atom stereocenters. The third kappa shape index (κ3) is 8.15. The van der Waals surface area contributed by atoms with Crippen LogP contribution in [0.3, 0.4) is 0 Å². The molecule has 1 atom stereocenters. The van der Waals surface area contributed by atoms with Gasteiger partial charge in [0, 0.05) is 22.8 Å². The maximum Gasteiger partial charge on any atom is 0.0900 e. The van der Waals surface area contributed by atoms with Crippen LogP contribution in [0.4, 0.5) is 0 Å². The highest BCUT2D eigenvalue weighted by Gasteiger charge is 2.14. The van der Waals surface area contributed by atoms with Crippen molar-refractivity contribution in [2.75, 3.05) is 19.7 Å². The zero-order chi connectivity index (χ0) is 18.1. The first-order valence-corrected chi connectivity index (χ1v) is 9.92. The van der Waals surface area contributed by atoms with Crippen LogP contribution >= 0.6 is 11.3 Å². The van der Waals surface area contributed by atoms with Gasteiger partial charge in [-0.15, -0.1) is 11.3 Å². The van der Waals surface area contributed by atoms with Gasteiger partial charge in [-0.3, -0.25) is 4.90 Å². The molecule has 25 heavy (non-hydrogen) atoms. The lowest BCUT2D eigenvalue weighted by Gasteiger charge is -2.25.